The molecule has 2 heterocycles. The average Bonchev–Trinajstić information content (AvgIpc) is 2.84. The highest BCUT2D eigenvalue weighted by atomic mass is 16.2. The fourth-order valence-corrected chi connectivity index (χ4v) is 3.99. The first-order chi connectivity index (χ1) is 13.0. The molecule has 27 heavy (non-hydrogen) atoms. The zero-order valence-electron chi connectivity index (χ0n) is 15.1. The first-order valence-electron chi connectivity index (χ1n) is 9.64. The van der Waals surface area contributed by atoms with Crippen molar-refractivity contribution in [2.24, 2.45) is 5.92 Å². The van der Waals surface area contributed by atoms with E-state index in [1.165, 1.54) is 25.7 Å². The van der Waals surface area contributed by atoms with Crippen LogP contribution in [0.25, 0.3) is 0 Å². The number of imide groups is 2. The van der Waals surface area contributed by atoms with E-state index in [9.17, 15) is 19.2 Å². The third kappa shape index (κ3) is 3.34. The predicted molar refractivity (Wildman–Crippen MR) is 98.2 cm³/mol. The van der Waals surface area contributed by atoms with Gasteiger partial charge in [-0.05, 0) is 43.4 Å². The number of fused-ring (bicyclic) bond motifs is 1. The normalized spacial score (nSPS) is 22.5. The summed E-state index contributed by atoms with van der Waals surface area (Å²) in [5, 5.41) is 5.52. The molecule has 1 aromatic rings. The minimum Gasteiger partial charge on any atom is -0.385 e. The Bertz CT molecular complexity index is 815. The molecule has 1 aromatic carbocycles. The first-order valence-corrected chi connectivity index (χ1v) is 9.64. The molecule has 0 bridgehead atoms. The number of piperidine rings is 1. The maximum atomic E-state index is 12.8. The maximum Gasteiger partial charge on any atom is 0.262 e. The van der Waals surface area contributed by atoms with Gasteiger partial charge in [-0.2, -0.15) is 0 Å². The molecule has 1 saturated heterocycles. The molecule has 0 radical (unpaired) electrons. The van der Waals surface area contributed by atoms with Crippen LogP contribution in [0.2, 0.25) is 0 Å². The quantitative estimate of drug-likeness (QED) is 0.591. The van der Waals surface area contributed by atoms with Gasteiger partial charge >= 0.3 is 0 Å². The maximum absolute atomic E-state index is 12.8. The Morgan fingerprint density at radius 2 is 1.81 bits per heavy atom. The van der Waals surface area contributed by atoms with Crippen LogP contribution in [0.1, 0.15) is 65.7 Å². The molecule has 4 amide bonds. The molecule has 2 fully saturated rings. The Morgan fingerprint density at radius 3 is 2.52 bits per heavy atom. The second-order valence-electron chi connectivity index (χ2n) is 7.57. The summed E-state index contributed by atoms with van der Waals surface area (Å²) >= 11 is 0. The van der Waals surface area contributed by atoms with Crippen molar-refractivity contribution in [1.29, 1.82) is 0 Å². The number of nitrogens with one attached hydrogen (secondary N) is 2. The fraction of sp³-hybridized carbons (Fsp3) is 0.500. The van der Waals surface area contributed by atoms with Crippen LogP contribution in [-0.2, 0) is 9.59 Å². The van der Waals surface area contributed by atoms with Crippen molar-refractivity contribution in [1.82, 2.24) is 10.2 Å². The van der Waals surface area contributed by atoms with Crippen molar-refractivity contribution >= 4 is 29.3 Å². The number of anilines is 1. The lowest BCUT2D eigenvalue weighted by atomic mass is 9.82. The summed E-state index contributed by atoms with van der Waals surface area (Å²) in [5.74, 6) is -1.03. The van der Waals surface area contributed by atoms with Gasteiger partial charge < -0.3 is 5.32 Å². The lowest BCUT2D eigenvalue weighted by Crippen LogP contribution is -2.54. The Balaban J connectivity index is 1.43. The minimum absolute atomic E-state index is 0.123. The van der Waals surface area contributed by atoms with E-state index in [1.807, 2.05) is 0 Å². The van der Waals surface area contributed by atoms with Gasteiger partial charge in [-0.15, -0.1) is 0 Å². The number of hydrogen-bond acceptors (Lipinski definition) is 5. The Hall–Kier alpha value is -2.70. The number of carbonyl (C=O) groups is 4. The lowest BCUT2D eigenvalue weighted by Gasteiger charge is -2.27. The van der Waals surface area contributed by atoms with Gasteiger partial charge in [0.15, 0.2) is 0 Å². The van der Waals surface area contributed by atoms with E-state index in [0.717, 1.165) is 29.5 Å². The summed E-state index contributed by atoms with van der Waals surface area (Å²) in [6.07, 6.45) is 6.62. The second kappa shape index (κ2) is 7.13. The molecule has 1 atom stereocenters. The molecule has 1 unspecified atom stereocenters. The summed E-state index contributed by atoms with van der Waals surface area (Å²) in [6.45, 7) is 0.828. The van der Waals surface area contributed by atoms with Crippen molar-refractivity contribution in [2.45, 2.75) is 51.0 Å². The van der Waals surface area contributed by atoms with Crippen LogP contribution in [0.3, 0.4) is 0 Å². The third-order valence-corrected chi connectivity index (χ3v) is 5.78. The third-order valence-electron chi connectivity index (χ3n) is 5.78. The minimum atomic E-state index is -0.922. The Kier molecular flexibility index (Phi) is 4.68. The smallest absolute Gasteiger partial charge is 0.262 e. The summed E-state index contributed by atoms with van der Waals surface area (Å²) in [4.78, 5) is 49.8. The lowest BCUT2D eigenvalue weighted by molar-refractivity contribution is -0.136. The molecular weight excluding hydrogens is 346 g/mol. The van der Waals surface area contributed by atoms with Crippen molar-refractivity contribution in [3.05, 3.63) is 29.3 Å². The number of rotatable bonds is 6. The van der Waals surface area contributed by atoms with Crippen molar-refractivity contribution in [3.63, 3.8) is 0 Å². The molecule has 0 spiro atoms. The molecule has 2 aliphatic heterocycles. The summed E-state index contributed by atoms with van der Waals surface area (Å²) in [6, 6.07) is 4.19. The van der Waals surface area contributed by atoms with E-state index in [1.54, 1.807) is 18.2 Å². The van der Waals surface area contributed by atoms with E-state index in [-0.39, 0.29) is 18.7 Å². The summed E-state index contributed by atoms with van der Waals surface area (Å²) in [5.41, 5.74) is 1.42. The van der Waals surface area contributed by atoms with E-state index >= 15 is 0 Å². The van der Waals surface area contributed by atoms with Gasteiger partial charge in [-0.25, -0.2) is 0 Å². The molecule has 7 heteroatoms. The Labute approximate surface area is 157 Å². The topological polar surface area (TPSA) is 95.6 Å². The molecule has 0 aromatic heterocycles. The Morgan fingerprint density at radius 1 is 1.04 bits per heavy atom. The standard InChI is InChI=1S/C20H23N3O4/c24-17-9-8-16(18(25)22-17)23-19(26)14-7-6-13(11-15(14)20(23)27)21-10-2-5-12-3-1-4-12/h6-7,11-12,16,21H,1-5,8-10H2,(H,22,24,25). The summed E-state index contributed by atoms with van der Waals surface area (Å²) < 4.78 is 0. The number of benzene rings is 1. The largest absolute Gasteiger partial charge is 0.385 e. The predicted octanol–water partition coefficient (Wildman–Crippen LogP) is 2.08. The van der Waals surface area contributed by atoms with Gasteiger partial charge in [-0.3, -0.25) is 29.4 Å². The molecule has 7 nitrogen and oxygen atoms in total. The van der Waals surface area contributed by atoms with Crippen LogP contribution in [0.4, 0.5) is 5.69 Å². The van der Waals surface area contributed by atoms with E-state index in [0.29, 0.717) is 11.1 Å². The molecular formula is C20H23N3O4. The molecule has 4 rings (SSSR count). The molecule has 2 N–H and O–H groups in total. The SMILES string of the molecule is O=C1CCC(N2C(=O)c3ccc(NCCCC4CCC4)cc3C2=O)C(=O)N1. The summed E-state index contributed by atoms with van der Waals surface area (Å²) in [7, 11) is 0. The van der Waals surface area contributed by atoms with Crippen LogP contribution in [0.15, 0.2) is 18.2 Å². The van der Waals surface area contributed by atoms with Gasteiger partial charge in [-0.1, -0.05) is 19.3 Å². The van der Waals surface area contributed by atoms with Gasteiger partial charge in [0.05, 0.1) is 11.1 Å². The van der Waals surface area contributed by atoms with Gasteiger partial charge in [0.25, 0.3) is 11.8 Å². The number of nitrogens with zero attached hydrogens (tertiary/aromatic N) is 1. The van der Waals surface area contributed by atoms with Crippen LogP contribution in [-0.4, -0.2) is 41.1 Å². The van der Waals surface area contributed by atoms with E-state index in [4.69, 9.17) is 0 Å². The molecule has 1 saturated carbocycles. The highest BCUT2D eigenvalue weighted by molar-refractivity contribution is 6.23. The van der Waals surface area contributed by atoms with E-state index in [2.05, 4.69) is 10.6 Å². The molecule has 1 aliphatic carbocycles. The van der Waals surface area contributed by atoms with Crippen LogP contribution in [0, 0.1) is 5.92 Å². The number of carbonyl (C=O) groups excluding carboxylic acids is 4. The first kappa shape index (κ1) is 17.7. The number of hydrogen-bond donors (Lipinski definition) is 2. The van der Waals surface area contributed by atoms with Crippen LogP contribution >= 0.6 is 0 Å². The van der Waals surface area contributed by atoms with Gasteiger partial charge in [0.1, 0.15) is 6.04 Å². The van der Waals surface area contributed by atoms with Crippen LogP contribution < -0.4 is 10.6 Å². The number of amides is 4. The van der Waals surface area contributed by atoms with Crippen molar-refractivity contribution < 1.29 is 19.2 Å². The molecule has 142 valence electrons. The van der Waals surface area contributed by atoms with Crippen LogP contribution in [0.5, 0.6) is 0 Å². The monoisotopic (exact) mass is 369 g/mol. The zero-order valence-corrected chi connectivity index (χ0v) is 15.1. The van der Waals surface area contributed by atoms with Gasteiger partial charge in [0.2, 0.25) is 11.8 Å². The highest BCUT2D eigenvalue weighted by Crippen LogP contribution is 2.31. The zero-order chi connectivity index (χ0) is 19.0. The van der Waals surface area contributed by atoms with E-state index < -0.39 is 23.8 Å². The average molecular weight is 369 g/mol. The highest BCUT2D eigenvalue weighted by Gasteiger charge is 2.44. The second-order valence-corrected chi connectivity index (χ2v) is 7.57. The molecule has 3 aliphatic rings. The fourth-order valence-electron chi connectivity index (χ4n) is 3.99. The van der Waals surface area contributed by atoms with Gasteiger partial charge in [0, 0.05) is 18.7 Å². The van der Waals surface area contributed by atoms with Crippen molar-refractivity contribution in [2.75, 3.05) is 11.9 Å². The van der Waals surface area contributed by atoms with Crippen molar-refractivity contribution in [3.8, 4) is 0 Å².